The Bertz CT molecular complexity index is 995. The summed E-state index contributed by atoms with van der Waals surface area (Å²) in [7, 11) is 0. The van der Waals surface area contributed by atoms with Gasteiger partial charge in [-0.15, -0.1) is 0 Å². The Morgan fingerprint density at radius 3 is 2.40 bits per heavy atom. The summed E-state index contributed by atoms with van der Waals surface area (Å²) in [5.41, 5.74) is 5.47. The Labute approximate surface area is 178 Å². The number of hydrogen-bond acceptors (Lipinski definition) is 5. The first-order chi connectivity index (χ1) is 14.6. The molecule has 156 valence electrons. The van der Waals surface area contributed by atoms with Gasteiger partial charge >= 0.3 is 0 Å². The molecular formula is C25H30N4O. The molecule has 2 aromatic carbocycles. The van der Waals surface area contributed by atoms with Crippen LogP contribution in [0.3, 0.4) is 0 Å². The van der Waals surface area contributed by atoms with Gasteiger partial charge in [0.25, 0.3) is 0 Å². The van der Waals surface area contributed by atoms with E-state index in [4.69, 9.17) is 4.74 Å². The Hall–Kier alpha value is -3.08. The van der Waals surface area contributed by atoms with Crippen molar-refractivity contribution in [3.05, 3.63) is 65.4 Å². The normalized spacial score (nSPS) is 14.4. The lowest BCUT2D eigenvalue weighted by Crippen LogP contribution is -2.19. The number of benzene rings is 2. The van der Waals surface area contributed by atoms with E-state index in [0.29, 0.717) is 12.1 Å². The van der Waals surface area contributed by atoms with Crippen molar-refractivity contribution in [1.29, 1.82) is 0 Å². The molecule has 1 heterocycles. The van der Waals surface area contributed by atoms with E-state index < -0.39 is 0 Å². The molecular weight excluding hydrogens is 372 g/mol. The lowest BCUT2D eigenvalue weighted by molar-refractivity contribution is 0.155. The van der Waals surface area contributed by atoms with Crippen LogP contribution in [-0.2, 0) is 0 Å². The maximum Gasteiger partial charge on any atom is 0.229 e. The first-order valence-corrected chi connectivity index (χ1v) is 10.8. The van der Waals surface area contributed by atoms with E-state index >= 15 is 0 Å². The number of hydrogen-bond donors (Lipinski definition) is 2. The lowest BCUT2D eigenvalue weighted by atomic mass is 9.98. The van der Waals surface area contributed by atoms with Gasteiger partial charge in [-0.1, -0.05) is 18.6 Å². The Morgan fingerprint density at radius 1 is 0.867 bits per heavy atom. The number of nitrogens with one attached hydrogen (secondary N) is 2. The number of rotatable bonds is 6. The zero-order valence-corrected chi connectivity index (χ0v) is 18.0. The third-order valence-electron chi connectivity index (χ3n) is 5.79. The molecule has 1 fully saturated rings. The van der Waals surface area contributed by atoms with Crippen LogP contribution in [0.25, 0.3) is 0 Å². The van der Waals surface area contributed by atoms with E-state index in [1.54, 1.807) is 0 Å². The molecule has 1 saturated carbocycles. The number of aromatic nitrogens is 2. The first-order valence-electron chi connectivity index (χ1n) is 10.8. The molecule has 5 heteroatoms. The van der Waals surface area contributed by atoms with E-state index in [1.165, 1.54) is 30.4 Å². The van der Waals surface area contributed by atoms with Gasteiger partial charge in [0.05, 0.1) is 6.10 Å². The highest BCUT2D eigenvalue weighted by molar-refractivity contribution is 5.65. The van der Waals surface area contributed by atoms with E-state index in [9.17, 15) is 0 Å². The summed E-state index contributed by atoms with van der Waals surface area (Å²) in [6.45, 7) is 6.24. The van der Waals surface area contributed by atoms with Gasteiger partial charge in [0.2, 0.25) is 5.95 Å². The standard InChI is InChI=1S/C25H30N4O/c1-17-8-7-11-23(19(17)3)28-24-18(2)16-26-25(29-24)27-20-12-14-22(15-13-20)30-21-9-5-4-6-10-21/h7-8,11-16,21H,4-6,9-10H2,1-3H3,(H2,26,27,28,29). The fraction of sp³-hybridized carbons (Fsp3) is 0.360. The fourth-order valence-corrected chi connectivity index (χ4v) is 3.76. The molecule has 0 amide bonds. The van der Waals surface area contributed by atoms with E-state index in [2.05, 4.69) is 52.6 Å². The van der Waals surface area contributed by atoms with Gasteiger partial charge in [-0.3, -0.25) is 0 Å². The summed E-state index contributed by atoms with van der Waals surface area (Å²) >= 11 is 0. The predicted molar refractivity (Wildman–Crippen MR) is 123 cm³/mol. The maximum absolute atomic E-state index is 6.11. The van der Waals surface area contributed by atoms with Gasteiger partial charge in [-0.05, 0) is 87.9 Å². The third kappa shape index (κ3) is 4.90. The van der Waals surface area contributed by atoms with Crippen molar-refractivity contribution in [2.24, 2.45) is 0 Å². The Morgan fingerprint density at radius 2 is 1.63 bits per heavy atom. The maximum atomic E-state index is 6.11. The van der Waals surface area contributed by atoms with Gasteiger partial charge in [0.1, 0.15) is 11.6 Å². The molecule has 1 aliphatic carbocycles. The highest BCUT2D eigenvalue weighted by Crippen LogP contribution is 2.27. The van der Waals surface area contributed by atoms with Gasteiger partial charge in [-0.2, -0.15) is 4.98 Å². The topological polar surface area (TPSA) is 59.1 Å². The van der Waals surface area contributed by atoms with Crippen molar-refractivity contribution in [1.82, 2.24) is 9.97 Å². The Balaban J connectivity index is 1.44. The summed E-state index contributed by atoms with van der Waals surface area (Å²) in [6, 6.07) is 14.3. The van der Waals surface area contributed by atoms with Gasteiger partial charge < -0.3 is 15.4 Å². The molecule has 0 atom stereocenters. The average molecular weight is 403 g/mol. The molecule has 0 bridgehead atoms. The van der Waals surface area contributed by atoms with Crippen LogP contribution in [0, 0.1) is 20.8 Å². The minimum Gasteiger partial charge on any atom is -0.490 e. The lowest BCUT2D eigenvalue weighted by Gasteiger charge is -2.23. The van der Waals surface area contributed by atoms with Crippen molar-refractivity contribution < 1.29 is 4.74 Å². The van der Waals surface area contributed by atoms with Crippen LogP contribution in [-0.4, -0.2) is 16.1 Å². The van der Waals surface area contributed by atoms with Crippen LogP contribution >= 0.6 is 0 Å². The number of anilines is 4. The second-order valence-electron chi connectivity index (χ2n) is 8.12. The monoisotopic (exact) mass is 402 g/mol. The van der Waals surface area contributed by atoms with Gasteiger partial charge in [0.15, 0.2) is 0 Å². The smallest absolute Gasteiger partial charge is 0.229 e. The van der Waals surface area contributed by atoms with Crippen LogP contribution in [0.4, 0.5) is 23.1 Å². The van der Waals surface area contributed by atoms with Crippen LogP contribution in [0.2, 0.25) is 0 Å². The molecule has 4 rings (SSSR count). The minimum absolute atomic E-state index is 0.358. The van der Waals surface area contributed by atoms with Crippen molar-refractivity contribution in [3.8, 4) is 5.75 Å². The van der Waals surface area contributed by atoms with E-state index in [-0.39, 0.29) is 0 Å². The predicted octanol–water partition coefficient (Wildman–Crippen LogP) is 6.60. The number of ether oxygens (including phenoxy) is 1. The second-order valence-corrected chi connectivity index (χ2v) is 8.12. The molecule has 3 aromatic rings. The molecule has 30 heavy (non-hydrogen) atoms. The van der Waals surface area contributed by atoms with Gasteiger partial charge in [-0.25, -0.2) is 4.98 Å². The third-order valence-corrected chi connectivity index (χ3v) is 5.79. The largest absolute Gasteiger partial charge is 0.490 e. The van der Waals surface area contributed by atoms with Crippen molar-refractivity contribution >= 4 is 23.1 Å². The molecule has 0 unspecified atom stereocenters. The molecule has 2 N–H and O–H groups in total. The van der Waals surface area contributed by atoms with Gasteiger partial charge in [0, 0.05) is 23.1 Å². The SMILES string of the molecule is Cc1cnc(Nc2ccc(OC3CCCCC3)cc2)nc1Nc1cccc(C)c1C. The molecule has 0 aliphatic heterocycles. The highest BCUT2D eigenvalue weighted by Gasteiger charge is 2.14. The molecule has 0 spiro atoms. The minimum atomic E-state index is 0.358. The summed E-state index contributed by atoms with van der Waals surface area (Å²) in [4.78, 5) is 9.12. The van der Waals surface area contributed by atoms with Crippen LogP contribution in [0.5, 0.6) is 5.75 Å². The van der Waals surface area contributed by atoms with Crippen molar-refractivity contribution in [2.45, 2.75) is 59.0 Å². The zero-order chi connectivity index (χ0) is 20.9. The van der Waals surface area contributed by atoms with Crippen molar-refractivity contribution in [3.63, 3.8) is 0 Å². The van der Waals surface area contributed by atoms with Crippen LogP contribution in [0.1, 0.15) is 48.8 Å². The van der Waals surface area contributed by atoms with Crippen LogP contribution in [0.15, 0.2) is 48.7 Å². The van der Waals surface area contributed by atoms with E-state index in [1.807, 2.05) is 37.4 Å². The molecule has 0 saturated heterocycles. The number of nitrogens with zero attached hydrogens (tertiary/aromatic N) is 2. The average Bonchev–Trinajstić information content (AvgIpc) is 2.76. The van der Waals surface area contributed by atoms with Crippen LogP contribution < -0.4 is 15.4 Å². The summed E-state index contributed by atoms with van der Waals surface area (Å²) in [6.07, 6.45) is 8.39. The molecule has 1 aromatic heterocycles. The quantitative estimate of drug-likeness (QED) is 0.486. The Kier molecular flexibility index (Phi) is 6.17. The fourth-order valence-electron chi connectivity index (χ4n) is 3.76. The second kappa shape index (κ2) is 9.16. The summed E-state index contributed by atoms with van der Waals surface area (Å²) in [5.74, 6) is 2.29. The molecule has 0 radical (unpaired) electrons. The summed E-state index contributed by atoms with van der Waals surface area (Å²) < 4.78 is 6.11. The molecule has 1 aliphatic rings. The first kappa shape index (κ1) is 20.2. The zero-order valence-electron chi connectivity index (χ0n) is 18.0. The van der Waals surface area contributed by atoms with E-state index in [0.717, 1.165) is 41.3 Å². The van der Waals surface area contributed by atoms with Crippen molar-refractivity contribution in [2.75, 3.05) is 10.6 Å². The molecule has 5 nitrogen and oxygen atoms in total. The summed E-state index contributed by atoms with van der Waals surface area (Å²) in [5, 5.41) is 6.75. The highest BCUT2D eigenvalue weighted by atomic mass is 16.5. The number of aryl methyl sites for hydroxylation is 2.